The first-order chi connectivity index (χ1) is 15.0. The molecule has 3 rings (SSSR count). The standard InChI is InChI=1S/C23H21N3O5.ClH/c1-29-18-9-6-15(20(13-18)30-2)7-10-21(27)26-17-8-11-22(25-14-17)31-19-5-3-4-16(12-19)23(24)28;/h3-14H,1-2H3,(H2,24,28)(H,26,27);1H. The average Bonchev–Trinajstić information content (AvgIpc) is 2.79. The molecule has 0 saturated heterocycles. The van der Waals surface area contributed by atoms with Gasteiger partial charge in [0.1, 0.15) is 17.2 Å². The number of carbonyl (C=O) groups is 2. The maximum absolute atomic E-state index is 12.2. The molecular weight excluding hydrogens is 434 g/mol. The predicted octanol–water partition coefficient (Wildman–Crippen LogP) is 4.06. The van der Waals surface area contributed by atoms with Crippen molar-refractivity contribution in [2.45, 2.75) is 0 Å². The molecule has 166 valence electrons. The number of nitrogens with one attached hydrogen (secondary N) is 1. The summed E-state index contributed by atoms with van der Waals surface area (Å²) in [7, 11) is 3.12. The third kappa shape index (κ3) is 6.48. The highest BCUT2D eigenvalue weighted by Crippen LogP contribution is 2.26. The van der Waals surface area contributed by atoms with Gasteiger partial charge in [0.25, 0.3) is 0 Å². The van der Waals surface area contributed by atoms with Crippen molar-refractivity contribution in [3.8, 4) is 23.1 Å². The number of ether oxygens (including phenoxy) is 3. The van der Waals surface area contributed by atoms with Gasteiger partial charge >= 0.3 is 0 Å². The minimum Gasteiger partial charge on any atom is -0.497 e. The number of nitrogens with zero attached hydrogens (tertiary/aromatic N) is 1. The number of carbonyl (C=O) groups excluding carboxylic acids is 2. The fraction of sp³-hybridized carbons (Fsp3) is 0.0870. The number of amides is 2. The highest BCUT2D eigenvalue weighted by atomic mass is 35.5. The number of nitrogens with two attached hydrogens (primary N) is 1. The Bertz CT molecular complexity index is 1120. The molecule has 2 amide bonds. The number of hydrogen-bond donors (Lipinski definition) is 2. The second-order valence-electron chi connectivity index (χ2n) is 6.31. The van der Waals surface area contributed by atoms with E-state index in [1.807, 2.05) is 0 Å². The van der Waals surface area contributed by atoms with Crippen LogP contribution < -0.4 is 25.3 Å². The number of methoxy groups -OCH3 is 2. The Hall–Kier alpha value is -4.04. The smallest absolute Gasteiger partial charge is 0.248 e. The van der Waals surface area contributed by atoms with Gasteiger partial charge in [-0.15, -0.1) is 12.4 Å². The van der Waals surface area contributed by atoms with Crippen LogP contribution in [-0.2, 0) is 4.79 Å². The monoisotopic (exact) mass is 455 g/mol. The maximum Gasteiger partial charge on any atom is 0.248 e. The number of halogens is 1. The summed E-state index contributed by atoms with van der Waals surface area (Å²) in [5.74, 6) is 1.11. The first-order valence-electron chi connectivity index (χ1n) is 9.23. The summed E-state index contributed by atoms with van der Waals surface area (Å²) in [5, 5.41) is 2.72. The van der Waals surface area contributed by atoms with Crippen molar-refractivity contribution in [2.75, 3.05) is 19.5 Å². The third-order valence-electron chi connectivity index (χ3n) is 4.20. The number of aromatic nitrogens is 1. The van der Waals surface area contributed by atoms with Gasteiger partial charge in [-0.2, -0.15) is 0 Å². The Kier molecular flexibility index (Phi) is 8.62. The van der Waals surface area contributed by atoms with Crippen molar-refractivity contribution < 1.29 is 23.8 Å². The maximum atomic E-state index is 12.2. The molecule has 3 N–H and O–H groups in total. The fourth-order valence-electron chi connectivity index (χ4n) is 2.65. The van der Waals surface area contributed by atoms with E-state index in [1.54, 1.807) is 68.8 Å². The van der Waals surface area contributed by atoms with Gasteiger partial charge in [-0.3, -0.25) is 9.59 Å². The summed E-state index contributed by atoms with van der Waals surface area (Å²) in [6, 6.07) is 15.0. The van der Waals surface area contributed by atoms with Crippen molar-refractivity contribution in [3.63, 3.8) is 0 Å². The topological polar surface area (TPSA) is 113 Å². The van der Waals surface area contributed by atoms with Crippen LogP contribution >= 0.6 is 12.4 Å². The minimum atomic E-state index is -0.545. The van der Waals surface area contributed by atoms with Crippen LogP contribution in [0.2, 0.25) is 0 Å². The van der Waals surface area contributed by atoms with Gasteiger partial charge in [0, 0.05) is 29.3 Å². The quantitative estimate of drug-likeness (QED) is 0.495. The average molecular weight is 456 g/mol. The number of benzene rings is 2. The van der Waals surface area contributed by atoms with Crippen LogP contribution in [0.25, 0.3) is 6.08 Å². The Morgan fingerprint density at radius 1 is 1.00 bits per heavy atom. The van der Waals surface area contributed by atoms with Crippen molar-refractivity contribution in [1.29, 1.82) is 0 Å². The minimum absolute atomic E-state index is 0. The van der Waals surface area contributed by atoms with E-state index in [4.69, 9.17) is 19.9 Å². The molecule has 0 spiro atoms. The van der Waals surface area contributed by atoms with Crippen LogP contribution in [0.15, 0.2) is 66.9 Å². The van der Waals surface area contributed by atoms with Gasteiger partial charge in [-0.1, -0.05) is 6.07 Å². The van der Waals surface area contributed by atoms with Gasteiger partial charge < -0.3 is 25.3 Å². The van der Waals surface area contributed by atoms with Gasteiger partial charge in [0.2, 0.25) is 17.7 Å². The van der Waals surface area contributed by atoms with Crippen LogP contribution in [0.4, 0.5) is 5.69 Å². The summed E-state index contributed by atoms with van der Waals surface area (Å²) < 4.78 is 16.1. The molecule has 32 heavy (non-hydrogen) atoms. The highest BCUT2D eigenvalue weighted by molar-refractivity contribution is 6.02. The molecule has 3 aromatic rings. The lowest BCUT2D eigenvalue weighted by atomic mass is 10.1. The van der Waals surface area contributed by atoms with Gasteiger partial charge in [-0.05, 0) is 42.5 Å². The number of anilines is 1. The molecule has 1 heterocycles. The Labute approximate surface area is 191 Å². The van der Waals surface area contributed by atoms with Crippen molar-refractivity contribution >= 4 is 36.0 Å². The summed E-state index contributed by atoms with van der Waals surface area (Å²) in [6.45, 7) is 0. The molecule has 2 aromatic carbocycles. The summed E-state index contributed by atoms with van der Waals surface area (Å²) >= 11 is 0. The van der Waals surface area contributed by atoms with E-state index in [0.717, 1.165) is 5.56 Å². The molecule has 0 aliphatic rings. The summed E-state index contributed by atoms with van der Waals surface area (Å²) in [6.07, 6.45) is 4.50. The molecule has 1 aromatic heterocycles. The molecule has 0 fully saturated rings. The van der Waals surface area contributed by atoms with Gasteiger partial charge in [-0.25, -0.2) is 4.98 Å². The number of rotatable bonds is 8. The molecular formula is C23H22ClN3O5. The van der Waals surface area contributed by atoms with E-state index in [9.17, 15) is 9.59 Å². The largest absolute Gasteiger partial charge is 0.497 e. The number of pyridine rings is 1. The first kappa shape index (κ1) is 24.2. The number of primary amides is 1. The molecule has 0 aliphatic carbocycles. The molecule has 0 unspecified atom stereocenters. The predicted molar refractivity (Wildman–Crippen MR) is 124 cm³/mol. The van der Waals surface area contributed by atoms with Crippen LogP contribution in [0.5, 0.6) is 23.1 Å². The van der Waals surface area contributed by atoms with Crippen molar-refractivity contribution in [3.05, 3.63) is 78.0 Å². The zero-order valence-electron chi connectivity index (χ0n) is 17.4. The molecule has 0 aliphatic heterocycles. The lowest BCUT2D eigenvalue weighted by Crippen LogP contribution is -2.10. The van der Waals surface area contributed by atoms with Crippen LogP contribution in [0, 0.1) is 0 Å². The molecule has 0 atom stereocenters. The third-order valence-corrected chi connectivity index (χ3v) is 4.20. The molecule has 0 radical (unpaired) electrons. The van der Waals surface area contributed by atoms with E-state index in [0.29, 0.717) is 34.4 Å². The van der Waals surface area contributed by atoms with E-state index in [-0.39, 0.29) is 18.3 Å². The van der Waals surface area contributed by atoms with Gasteiger partial charge in [0.15, 0.2) is 0 Å². The first-order valence-corrected chi connectivity index (χ1v) is 9.23. The van der Waals surface area contributed by atoms with Crippen molar-refractivity contribution in [2.24, 2.45) is 5.73 Å². The lowest BCUT2D eigenvalue weighted by molar-refractivity contribution is -0.111. The lowest BCUT2D eigenvalue weighted by Gasteiger charge is -2.08. The van der Waals surface area contributed by atoms with E-state index in [2.05, 4.69) is 10.3 Å². The second kappa shape index (κ2) is 11.4. The van der Waals surface area contributed by atoms with E-state index >= 15 is 0 Å². The summed E-state index contributed by atoms with van der Waals surface area (Å²) in [4.78, 5) is 27.6. The normalized spacial score (nSPS) is 10.2. The van der Waals surface area contributed by atoms with Crippen LogP contribution in [0.3, 0.4) is 0 Å². The molecule has 0 saturated carbocycles. The molecule has 9 heteroatoms. The SMILES string of the molecule is COc1ccc(C=CC(=O)Nc2ccc(Oc3cccc(C(N)=O)c3)nc2)c(OC)c1.Cl. The van der Waals surface area contributed by atoms with E-state index < -0.39 is 5.91 Å². The highest BCUT2D eigenvalue weighted by Gasteiger charge is 2.06. The van der Waals surface area contributed by atoms with Gasteiger partial charge in [0.05, 0.1) is 26.1 Å². The Morgan fingerprint density at radius 3 is 2.47 bits per heavy atom. The summed E-state index contributed by atoms with van der Waals surface area (Å²) in [5.41, 5.74) is 6.83. The van der Waals surface area contributed by atoms with Crippen LogP contribution in [-0.4, -0.2) is 31.0 Å². The van der Waals surface area contributed by atoms with Crippen LogP contribution in [0.1, 0.15) is 15.9 Å². The fourth-order valence-corrected chi connectivity index (χ4v) is 2.65. The zero-order chi connectivity index (χ0) is 22.2. The number of hydrogen-bond acceptors (Lipinski definition) is 6. The van der Waals surface area contributed by atoms with E-state index in [1.165, 1.54) is 18.3 Å². The van der Waals surface area contributed by atoms with Crippen molar-refractivity contribution in [1.82, 2.24) is 4.98 Å². The molecule has 8 nitrogen and oxygen atoms in total. The molecule has 0 bridgehead atoms. The zero-order valence-corrected chi connectivity index (χ0v) is 18.2. The second-order valence-corrected chi connectivity index (χ2v) is 6.31. The Balaban J connectivity index is 0.00000363. The Morgan fingerprint density at radius 2 is 1.81 bits per heavy atom.